The van der Waals surface area contributed by atoms with E-state index in [0.29, 0.717) is 18.0 Å². The minimum absolute atomic E-state index is 0.506. The summed E-state index contributed by atoms with van der Waals surface area (Å²) in [5.41, 5.74) is 2.87. The van der Waals surface area contributed by atoms with Crippen LogP contribution in [0.1, 0.15) is 32.3 Å². The molecule has 1 aliphatic rings. The maximum Gasteiger partial charge on any atom is 0.0406 e. The van der Waals surface area contributed by atoms with Gasteiger partial charge in [-0.05, 0) is 51.6 Å². The summed E-state index contributed by atoms with van der Waals surface area (Å²) >= 11 is 3.58. The van der Waals surface area contributed by atoms with E-state index >= 15 is 0 Å². The number of rotatable bonds is 3. The van der Waals surface area contributed by atoms with Crippen LogP contribution in [-0.4, -0.2) is 25.7 Å². The largest absolute Gasteiger partial charge is 0.368 e. The van der Waals surface area contributed by atoms with Crippen LogP contribution in [0.5, 0.6) is 0 Å². The Bertz CT molecular complexity index is 403. The molecule has 1 aliphatic heterocycles. The molecule has 2 rings (SSSR count). The lowest BCUT2D eigenvalue weighted by molar-refractivity contribution is 0.500. The lowest BCUT2D eigenvalue weighted by atomic mass is 9.95. The Kier molecular flexibility index (Phi) is 3.79. The van der Waals surface area contributed by atoms with Crippen LogP contribution in [0.25, 0.3) is 0 Å². The van der Waals surface area contributed by atoms with Gasteiger partial charge in [-0.1, -0.05) is 15.9 Å². The number of halogens is 1. The number of nitrogens with one attached hydrogen (secondary N) is 1. The van der Waals surface area contributed by atoms with E-state index in [0.717, 1.165) is 6.54 Å². The van der Waals surface area contributed by atoms with Crippen molar-refractivity contribution in [2.75, 3.05) is 18.5 Å². The third-order valence-electron chi connectivity index (χ3n) is 3.77. The van der Waals surface area contributed by atoms with Gasteiger partial charge in [-0.3, -0.25) is 0 Å². The first kappa shape index (κ1) is 12.9. The van der Waals surface area contributed by atoms with Crippen LogP contribution in [0.4, 0.5) is 5.69 Å². The highest BCUT2D eigenvalue weighted by Gasteiger charge is 2.32. The smallest absolute Gasteiger partial charge is 0.0406 e. The summed E-state index contributed by atoms with van der Waals surface area (Å²) in [4.78, 5) is 2.50. The van der Waals surface area contributed by atoms with Crippen molar-refractivity contribution in [3.05, 3.63) is 28.2 Å². The number of benzene rings is 1. The molecule has 0 radical (unpaired) electrons. The molecule has 0 amide bonds. The van der Waals surface area contributed by atoms with E-state index in [2.05, 4.69) is 65.1 Å². The lowest BCUT2D eigenvalue weighted by Gasteiger charge is -2.25. The molecule has 0 aliphatic carbocycles. The average molecular weight is 297 g/mol. The van der Waals surface area contributed by atoms with Gasteiger partial charge in [0, 0.05) is 34.7 Å². The van der Waals surface area contributed by atoms with E-state index < -0.39 is 0 Å². The van der Waals surface area contributed by atoms with E-state index in [1.54, 1.807) is 0 Å². The normalized spacial score (nSPS) is 20.8. The van der Waals surface area contributed by atoms with E-state index in [1.165, 1.54) is 15.7 Å². The van der Waals surface area contributed by atoms with Gasteiger partial charge in [0.1, 0.15) is 0 Å². The van der Waals surface area contributed by atoms with Crippen molar-refractivity contribution in [2.24, 2.45) is 0 Å². The monoisotopic (exact) mass is 296 g/mol. The molecule has 0 bridgehead atoms. The molecule has 94 valence electrons. The SMILES string of the molecule is CNC(C)C1CN(C(C)C)c2ccc(Br)cc21. The number of nitrogens with zero attached hydrogens (tertiary/aromatic N) is 1. The molecular weight excluding hydrogens is 276 g/mol. The molecule has 1 heterocycles. The fraction of sp³-hybridized carbons (Fsp3) is 0.571. The van der Waals surface area contributed by atoms with Crippen LogP contribution in [0.2, 0.25) is 0 Å². The zero-order chi connectivity index (χ0) is 12.6. The Morgan fingerprint density at radius 1 is 1.35 bits per heavy atom. The Labute approximate surface area is 113 Å². The zero-order valence-corrected chi connectivity index (χ0v) is 12.6. The van der Waals surface area contributed by atoms with E-state index in [4.69, 9.17) is 0 Å². The molecule has 2 atom stereocenters. The van der Waals surface area contributed by atoms with Gasteiger partial charge in [-0.2, -0.15) is 0 Å². The van der Waals surface area contributed by atoms with E-state index in [-0.39, 0.29) is 0 Å². The second kappa shape index (κ2) is 4.99. The Morgan fingerprint density at radius 2 is 2.06 bits per heavy atom. The fourth-order valence-electron chi connectivity index (χ4n) is 2.61. The molecule has 0 saturated heterocycles. The fourth-order valence-corrected chi connectivity index (χ4v) is 2.99. The average Bonchev–Trinajstić information content (AvgIpc) is 2.66. The Hall–Kier alpha value is -0.540. The minimum atomic E-state index is 0.506. The van der Waals surface area contributed by atoms with E-state index in [1.807, 2.05) is 7.05 Å². The van der Waals surface area contributed by atoms with Gasteiger partial charge in [-0.15, -0.1) is 0 Å². The summed E-state index contributed by atoms with van der Waals surface area (Å²) < 4.78 is 1.18. The first-order valence-electron chi connectivity index (χ1n) is 6.28. The second-order valence-corrected chi connectivity index (χ2v) is 6.05. The highest BCUT2D eigenvalue weighted by molar-refractivity contribution is 9.10. The first-order chi connectivity index (χ1) is 8.04. The van der Waals surface area contributed by atoms with Gasteiger partial charge in [0.25, 0.3) is 0 Å². The molecule has 3 heteroatoms. The summed E-state index contributed by atoms with van der Waals surface area (Å²) in [5, 5.41) is 3.38. The Balaban J connectivity index is 2.41. The molecule has 0 aromatic heterocycles. The zero-order valence-electron chi connectivity index (χ0n) is 11.0. The third-order valence-corrected chi connectivity index (χ3v) is 4.27. The molecule has 0 spiro atoms. The summed E-state index contributed by atoms with van der Waals surface area (Å²) in [6.07, 6.45) is 0. The van der Waals surface area contributed by atoms with Gasteiger partial charge >= 0.3 is 0 Å². The summed E-state index contributed by atoms with van der Waals surface area (Å²) in [7, 11) is 2.04. The minimum Gasteiger partial charge on any atom is -0.368 e. The molecule has 1 aromatic rings. The molecule has 2 nitrogen and oxygen atoms in total. The van der Waals surface area contributed by atoms with Crippen LogP contribution in [-0.2, 0) is 0 Å². The van der Waals surface area contributed by atoms with Crippen LogP contribution in [0, 0.1) is 0 Å². The molecule has 2 unspecified atom stereocenters. The van der Waals surface area contributed by atoms with Gasteiger partial charge in [-0.25, -0.2) is 0 Å². The predicted octanol–water partition coefficient (Wildman–Crippen LogP) is 3.37. The van der Waals surface area contributed by atoms with Gasteiger partial charge in [0.05, 0.1) is 0 Å². The Morgan fingerprint density at radius 3 is 2.65 bits per heavy atom. The van der Waals surface area contributed by atoms with Crippen LogP contribution >= 0.6 is 15.9 Å². The highest BCUT2D eigenvalue weighted by Crippen LogP contribution is 2.40. The van der Waals surface area contributed by atoms with Crippen molar-refractivity contribution < 1.29 is 0 Å². The summed E-state index contributed by atoms with van der Waals surface area (Å²) in [5.74, 6) is 0.579. The molecular formula is C14H21BrN2. The molecule has 0 fully saturated rings. The predicted molar refractivity (Wildman–Crippen MR) is 77.9 cm³/mol. The van der Waals surface area contributed by atoms with Crippen molar-refractivity contribution in [3.63, 3.8) is 0 Å². The summed E-state index contributed by atoms with van der Waals surface area (Å²) in [6.45, 7) is 7.90. The van der Waals surface area contributed by atoms with Gasteiger partial charge in [0.15, 0.2) is 0 Å². The highest BCUT2D eigenvalue weighted by atomic mass is 79.9. The second-order valence-electron chi connectivity index (χ2n) is 5.13. The van der Waals surface area contributed by atoms with Gasteiger partial charge < -0.3 is 10.2 Å². The standard InChI is InChI=1S/C14H21BrN2/c1-9(2)17-8-13(10(3)16-4)12-7-11(15)5-6-14(12)17/h5-7,9-10,13,16H,8H2,1-4H3. The number of likely N-dealkylation sites (N-methyl/N-ethyl adjacent to an activating group) is 1. The number of hydrogen-bond donors (Lipinski definition) is 1. The molecule has 1 N–H and O–H groups in total. The number of anilines is 1. The molecule has 17 heavy (non-hydrogen) atoms. The quantitative estimate of drug-likeness (QED) is 0.920. The van der Waals surface area contributed by atoms with E-state index in [9.17, 15) is 0 Å². The van der Waals surface area contributed by atoms with Crippen LogP contribution in [0.3, 0.4) is 0 Å². The van der Waals surface area contributed by atoms with Crippen molar-refractivity contribution in [1.82, 2.24) is 5.32 Å². The van der Waals surface area contributed by atoms with Crippen molar-refractivity contribution in [1.29, 1.82) is 0 Å². The molecule has 1 aromatic carbocycles. The van der Waals surface area contributed by atoms with Crippen molar-refractivity contribution in [2.45, 2.75) is 38.8 Å². The topological polar surface area (TPSA) is 15.3 Å². The maximum absolute atomic E-state index is 3.58. The van der Waals surface area contributed by atoms with Crippen molar-refractivity contribution >= 4 is 21.6 Å². The third kappa shape index (κ3) is 2.36. The lowest BCUT2D eigenvalue weighted by Crippen LogP contribution is -2.35. The number of hydrogen-bond acceptors (Lipinski definition) is 2. The first-order valence-corrected chi connectivity index (χ1v) is 7.07. The molecule has 0 saturated carbocycles. The summed E-state index contributed by atoms with van der Waals surface area (Å²) in [6, 6.07) is 7.72. The van der Waals surface area contributed by atoms with Crippen molar-refractivity contribution in [3.8, 4) is 0 Å². The number of fused-ring (bicyclic) bond motifs is 1. The maximum atomic E-state index is 3.58. The van der Waals surface area contributed by atoms with Crippen LogP contribution in [0.15, 0.2) is 22.7 Å². The van der Waals surface area contributed by atoms with Crippen LogP contribution < -0.4 is 10.2 Å². The van der Waals surface area contributed by atoms with Gasteiger partial charge in [0.2, 0.25) is 0 Å².